The molecule has 1 aromatic carbocycles. The Morgan fingerprint density at radius 3 is 2.43 bits per heavy atom. The van der Waals surface area contributed by atoms with Gasteiger partial charge >= 0.3 is 0 Å². The SMILES string of the molecule is CN(C)c1ccc(Br)c(S(=O)(=O)N2CCN(CCCO)CC2)c1. The third kappa shape index (κ3) is 4.45. The summed E-state index contributed by atoms with van der Waals surface area (Å²) < 4.78 is 28.0. The second-order valence-corrected chi connectivity index (χ2v) is 8.59. The van der Waals surface area contributed by atoms with Crippen LogP contribution < -0.4 is 4.90 Å². The van der Waals surface area contributed by atoms with E-state index in [0.717, 1.165) is 18.7 Å². The van der Waals surface area contributed by atoms with Crippen LogP contribution in [0.4, 0.5) is 5.69 Å². The summed E-state index contributed by atoms with van der Waals surface area (Å²) in [4.78, 5) is 4.39. The summed E-state index contributed by atoms with van der Waals surface area (Å²) in [7, 11) is 0.268. The molecule has 0 radical (unpaired) electrons. The summed E-state index contributed by atoms with van der Waals surface area (Å²) in [6.07, 6.45) is 0.725. The molecule has 1 saturated heterocycles. The Morgan fingerprint density at radius 1 is 1.22 bits per heavy atom. The zero-order chi connectivity index (χ0) is 17.0. The number of hydrogen-bond acceptors (Lipinski definition) is 5. The van der Waals surface area contributed by atoms with E-state index in [0.29, 0.717) is 35.5 Å². The highest BCUT2D eigenvalue weighted by Crippen LogP contribution is 2.29. The average Bonchev–Trinajstić information content (AvgIpc) is 2.53. The largest absolute Gasteiger partial charge is 0.396 e. The van der Waals surface area contributed by atoms with Crippen molar-refractivity contribution in [1.82, 2.24) is 9.21 Å². The van der Waals surface area contributed by atoms with Crippen LogP contribution in [0.15, 0.2) is 27.6 Å². The zero-order valence-corrected chi connectivity index (χ0v) is 16.0. The molecule has 0 saturated carbocycles. The molecule has 23 heavy (non-hydrogen) atoms. The zero-order valence-electron chi connectivity index (χ0n) is 13.6. The predicted octanol–water partition coefficient (Wildman–Crippen LogP) is 1.20. The Bertz CT molecular complexity index is 629. The van der Waals surface area contributed by atoms with Gasteiger partial charge in [-0.25, -0.2) is 8.42 Å². The van der Waals surface area contributed by atoms with Crippen LogP contribution in [0.5, 0.6) is 0 Å². The first-order valence-electron chi connectivity index (χ1n) is 7.66. The van der Waals surface area contributed by atoms with Gasteiger partial charge in [-0.3, -0.25) is 0 Å². The van der Waals surface area contributed by atoms with E-state index in [4.69, 9.17) is 5.11 Å². The normalized spacial score (nSPS) is 17.4. The fourth-order valence-corrected chi connectivity index (χ4v) is 4.96. The number of aliphatic hydroxyl groups excluding tert-OH is 1. The van der Waals surface area contributed by atoms with Crippen LogP contribution in [0.2, 0.25) is 0 Å². The van der Waals surface area contributed by atoms with E-state index >= 15 is 0 Å². The quantitative estimate of drug-likeness (QED) is 0.770. The van der Waals surface area contributed by atoms with Crippen molar-refractivity contribution in [2.75, 3.05) is 58.3 Å². The fraction of sp³-hybridized carbons (Fsp3) is 0.600. The lowest BCUT2D eigenvalue weighted by atomic mass is 10.3. The highest BCUT2D eigenvalue weighted by atomic mass is 79.9. The van der Waals surface area contributed by atoms with E-state index in [1.165, 1.54) is 0 Å². The Kier molecular flexibility index (Phi) is 6.44. The van der Waals surface area contributed by atoms with Crippen molar-refractivity contribution in [2.45, 2.75) is 11.3 Å². The van der Waals surface area contributed by atoms with Crippen molar-refractivity contribution in [3.63, 3.8) is 0 Å². The minimum atomic E-state index is -3.51. The molecule has 1 aromatic rings. The lowest BCUT2D eigenvalue weighted by Crippen LogP contribution is -2.48. The minimum Gasteiger partial charge on any atom is -0.396 e. The first kappa shape index (κ1) is 18.7. The molecular formula is C15H24BrN3O3S. The maximum Gasteiger partial charge on any atom is 0.244 e. The molecule has 0 unspecified atom stereocenters. The molecule has 0 amide bonds. The second kappa shape index (κ2) is 7.94. The van der Waals surface area contributed by atoms with E-state index in [2.05, 4.69) is 20.8 Å². The van der Waals surface area contributed by atoms with Gasteiger partial charge in [0.25, 0.3) is 0 Å². The molecule has 0 bridgehead atoms. The maximum absolute atomic E-state index is 12.9. The smallest absolute Gasteiger partial charge is 0.244 e. The Balaban J connectivity index is 2.15. The van der Waals surface area contributed by atoms with Gasteiger partial charge < -0.3 is 14.9 Å². The molecule has 1 aliphatic rings. The molecule has 0 aromatic heterocycles. The molecule has 1 heterocycles. The highest BCUT2D eigenvalue weighted by molar-refractivity contribution is 9.10. The maximum atomic E-state index is 12.9. The monoisotopic (exact) mass is 405 g/mol. The van der Waals surface area contributed by atoms with Crippen LogP contribution in [0.3, 0.4) is 0 Å². The third-order valence-corrected chi connectivity index (χ3v) is 6.91. The van der Waals surface area contributed by atoms with Gasteiger partial charge in [-0.2, -0.15) is 4.31 Å². The summed E-state index contributed by atoms with van der Waals surface area (Å²) in [5, 5.41) is 8.89. The molecule has 130 valence electrons. The lowest BCUT2D eigenvalue weighted by molar-refractivity contribution is 0.171. The number of benzene rings is 1. The van der Waals surface area contributed by atoms with Crippen molar-refractivity contribution < 1.29 is 13.5 Å². The van der Waals surface area contributed by atoms with Crippen LogP contribution in [0.1, 0.15) is 6.42 Å². The van der Waals surface area contributed by atoms with Gasteiger partial charge in [0.05, 0.1) is 4.90 Å². The standard InChI is InChI=1S/C15H24BrN3O3S/c1-17(2)13-4-5-14(16)15(12-13)23(21,22)19-9-7-18(8-10-19)6-3-11-20/h4-5,12,20H,3,6-11H2,1-2H3. The van der Waals surface area contributed by atoms with E-state index < -0.39 is 10.0 Å². The van der Waals surface area contributed by atoms with Crippen LogP contribution in [0.25, 0.3) is 0 Å². The Labute approximate surface area is 146 Å². The molecule has 6 nitrogen and oxygen atoms in total. The van der Waals surface area contributed by atoms with Crippen LogP contribution in [-0.4, -0.2) is 76.2 Å². The van der Waals surface area contributed by atoms with Gasteiger partial charge in [-0.15, -0.1) is 0 Å². The van der Waals surface area contributed by atoms with Crippen molar-refractivity contribution in [3.8, 4) is 0 Å². The van der Waals surface area contributed by atoms with Crippen molar-refractivity contribution in [3.05, 3.63) is 22.7 Å². The molecule has 2 rings (SSSR count). The number of sulfonamides is 1. The number of anilines is 1. The minimum absolute atomic E-state index is 0.169. The fourth-order valence-electron chi connectivity index (χ4n) is 2.59. The number of piperazine rings is 1. The molecule has 0 atom stereocenters. The van der Waals surface area contributed by atoms with Crippen LogP contribution in [0, 0.1) is 0 Å². The molecule has 1 N–H and O–H groups in total. The molecule has 0 spiro atoms. The highest BCUT2D eigenvalue weighted by Gasteiger charge is 2.30. The summed E-state index contributed by atoms with van der Waals surface area (Å²) >= 11 is 3.37. The number of rotatable bonds is 6. The molecule has 1 aliphatic heterocycles. The predicted molar refractivity (Wildman–Crippen MR) is 95.4 cm³/mol. The van der Waals surface area contributed by atoms with Crippen LogP contribution >= 0.6 is 15.9 Å². The molecule has 8 heteroatoms. The summed E-state index contributed by atoms with van der Waals surface area (Å²) in [5.41, 5.74) is 0.855. The lowest BCUT2D eigenvalue weighted by Gasteiger charge is -2.34. The van der Waals surface area contributed by atoms with Gasteiger partial charge in [-0.05, 0) is 40.5 Å². The van der Waals surface area contributed by atoms with Crippen molar-refractivity contribution in [1.29, 1.82) is 0 Å². The third-order valence-electron chi connectivity index (χ3n) is 4.01. The first-order valence-corrected chi connectivity index (χ1v) is 9.90. The van der Waals surface area contributed by atoms with Crippen LogP contribution in [-0.2, 0) is 10.0 Å². The Hall–Kier alpha value is -0.670. The first-order chi connectivity index (χ1) is 10.9. The topological polar surface area (TPSA) is 64.1 Å². The van der Waals surface area contributed by atoms with E-state index in [9.17, 15) is 8.42 Å². The molecule has 1 fully saturated rings. The summed E-state index contributed by atoms with van der Waals surface area (Å²) in [6.45, 7) is 3.33. The number of hydrogen-bond donors (Lipinski definition) is 1. The van der Waals surface area contributed by atoms with E-state index in [1.54, 1.807) is 16.4 Å². The molecular weight excluding hydrogens is 382 g/mol. The Morgan fingerprint density at radius 2 is 1.87 bits per heavy atom. The average molecular weight is 406 g/mol. The summed E-state index contributed by atoms with van der Waals surface area (Å²) in [6, 6.07) is 5.37. The van der Waals surface area contributed by atoms with Gasteiger partial charge in [0.15, 0.2) is 0 Å². The van der Waals surface area contributed by atoms with Crippen molar-refractivity contribution >= 4 is 31.6 Å². The van der Waals surface area contributed by atoms with E-state index in [1.807, 2.05) is 25.1 Å². The van der Waals surface area contributed by atoms with Crippen molar-refractivity contribution in [2.24, 2.45) is 0 Å². The van der Waals surface area contributed by atoms with Gasteiger partial charge in [-0.1, -0.05) is 0 Å². The molecule has 0 aliphatic carbocycles. The number of nitrogens with zero attached hydrogens (tertiary/aromatic N) is 3. The number of halogens is 1. The van der Waals surface area contributed by atoms with Gasteiger partial charge in [0, 0.05) is 63.6 Å². The van der Waals surface area contributed by atoms with E-state index in [-0.39, 0.29) is 6.61 Å². The number of aliphatic hydroxyl groups is 1. The second-order valence-electron chi connectivity index (χ2n) is 5.83. The van der Waals surface area contributed by atoms with Gasteiger partial charge in [0.2, 0.25) is 10.0 Å². The summed E-state index contributed by atoms with van der Waals surface area (Å²) in [5.74, 6) is 0. The van der Waals surface area contributed by atoms with Gasteiger partial charge in [0.1, 0.15) is 0 Å².